The van der Waals surface area contributed by atoms with Crippen LogP contribution in [0.15, 0.2) is 30.9 Å². The van der Waals surface area contributed by atoms with Crippen LogP contribution < -0.4 is 9.47 Å². The summed E-state index contributed by atoms with van der Waals surface area (Å²) in [5.74, 6) is -0.495. The van der Waals surface area contributed by atoms with Gasteiger partial charge in [0, 0.05) is 19.8 Å². The van der Waals surface area contributed by atoms with Crippen molar-refractivity contribution in [2.75, 3.05) is 7.11 Å². The zero-order valence-corrected chi connectivity index (χ0v) is 19.9. The van der Waals surface area contributed by atoms with Crippen molar-refractivity contribution in [3.63, 3.8) is 0 Å². The molecule has 1 aromatic rings. The molecular formula is C24H35NO7. The van der Waals surface area contributed by atoms with Crippen LogP contribution >= 0.6 is 0 Å². The molecule has 3 atom stereocenters. The quantitative estimate of drug-likeness (QED) is 0.349. The summed E-state index contributed by atoms with van der Waals surface area (Å²) >= 11 is 0. The summed E-state index contributed by atoms with van der Waals surface area (Å²) in [6, 6.07) is 5.20. The topological polar surface area (TPSA) is 104 Å². The summed E-state index contributed by atoms with van der Waals surface area (Å²) in [7, 11) is 1.25. The number of aryl methyl sites for hydroxylation is 1. The molecule has 8 heteroatoms. The van der Waals surface area contributed by atoms with E-state index in [2.05, 4.69) is 20.4 Å². The van der Waals surface area contributed by atoms with Crippen LogP contribution in [0.2, 0.25) is 0 Å². The molecule has 3 unspecified atom stereocenters. The highest BCUT2D eigenvalue weighted by Crippen LogP contribution is 2.32. The molecule has 8 nitrogen and oxygen atoms in total. The van der Waals surface area contributed by atoms with Gasteiger partial charge in [0.05, 0.1) is 7.11 Å². The highest BCUT2D eigenvalue weighted by atomic mass is 16.7. The molecule has 1 fully saturated rings. The van der Waals surface area contributed by atoms with Crippen LogP contribution in [0.5, 0.6) is 11.5 Å². The summed E-state index contributed by atoms with van der Waals surface area (Å²) < 4.78 is 26.3. The van der Waals surface area contributed by atoms with Crippen LogP contribution in [0, 0.1) is 11.5 Å². The molecule has 1 aromatic carbocycles. The predicted octanol–water partition coefficient (Wildman–Crippen LogP) is 4.71. The highest BCUT2D eigenvalue weighted by molar-refractivity contribution is 5.74. The van der Waals surface area contributed by atoms with Crippen molar-refractivity contribution in [3.05, 3.63) is 36.4 Å². The van der Waals surface area contributed by atoms with Crippen molar-refractivity contribution in [1.29, 1.82) is 5.26 Å². The van der Waals surface area contributed by atoms with E-state index in [1.807, 2.05) is 19.9 Å². The van der Waals surface area contributed by atoms with Gasteiger partial charge in [0.1, 0.15) is 6.10 Å². The van der Waals surface area contributed by atoms with E-state index in [9.17, 15) is 9.59 Å². The monoisotopic (exact) mass is 449 g/mol. The van der Waals surface area contributed by atoms with Crippen molar-refractivity contribution in [2.45, 2.75) is 78.8 Å². The van der Waals surface area contributed by atoms with Crippen LogP contribution in [0.25, 0.3) is 0 Å². The van der Waals surface area contributed by atoms with Gasteiger partial charge in [0.25, 0.3) is 6.26 Å². The van der Waals surface area contributed by atoms with Crippen molar-refractivity contribution in [1.82, 2.24) is 0 Å². The molecule has 2 rings (SSSR count). The van der Waals surface area contributed by atoms with E-state index < -0.39 is 30.4 Å². The lowest BCUT2D eigenvalue weighted by Gasteiger charge is -2.33. The number of carbonyl (C=O) groups excluding carboxylic acids is 2. The predicted molar refractivity (Wildman–Crippen MR) is 120 cm³/mol. The largest absolute Gasteiger partial charge is 0.467 e. The number of allylic oxidation sites excluding steroid dienone is 1. The zero-order chi connectivity index (χ0) is 24.5. The van der Waals surface area contributed by atoms with Crippen molar-refractivity contribution < 1.29 is 33.3 Å². The maximum Gasteiger partial charge on any atom is 0.335 e. The van der Waals surface area contributed by atoms with Crippen molar-refractivity contribution in [2.24, 2.45) is 0 Å². The van der Waals surface area contributed by atoms with Gasteiger partial charge in [-0.15, -0.1) is 11.8 Å². The van der Waals surface area contributed by atoms with Gasteiger partial charge in [-0.1, -0.05) is 39.3 Å². The molecule has 0 bridgehead atoms. The maximum atomic E-state index is 11.8. The van der Waals surface area contributed by atoms with Crippen LogP contribution in [-0.4, -0.2) is 37.5 Å². The fourth-order valence-electron chi connectivity index (χ4n) is 2.67. The van der Waals surface area contributed by atoms with Gasteiger partial charge in [0.15, 0.2) is 17.6 Å². The van der Waals surface area contributed by atoms with Crippen LogP contribution in [0.4, 0.5) is 0 Å². The molecule has 0 spiro atoms. The molecule has 0 amide bonds. The first kappa shape index (κ1) is 28.9. The third kappa shape index (κ3) is 10.8. The number of ether oxygens (including phenoxy) is 5. The molecule has 0 radical (unpaired) electrons. The Bertz CT molecular complexity index is 757. The Labute approximate surface area is 191 Å². The lowest BCUT2D eigenvalue weighted by atomic mass is 10.0. The van der Waals surface area contributed by atoms with Gasteiger partial charge in [-0.25, -0.2) is 4.79 Å². The summed E-state index contributed by atoms with van der Waals surface area (Å²) in [6.07, 6.45) is 3.46. The third-order valence-electron chi connectivity index (χ3n) is 3.88. The Hall–Kier alpha value is -3.05. The molecule has 178 valence electrons. The second-order valence-electron chi connectivity index (χ2n) is 6.84. The van der Waals surface area contributed by atoms with Crippen LogP contribution in [0.3, 0.4) is 0 Å². The molecule has 0 aromatic heterocycles. The molecule has 1 aliphatic heterocycles. The SMILES string of the molecule is C=CC.CCC.CCc1ccc(OC2CC(OC(C)=O)CC(C(=O)OC)O2)c(OC#N)c1. The van der Waals surface area contributed by atoms with E-state index in [1.165, 1.54) is 20.5 Å². The number of hydrogen-bond acceptors (Lipinski definition) is 8. The Morgan fingerprint density at radius 2 is 1.88 bits per heavy atom. The minimum atomic E-state index is -0.918. The first-order chi connectivity index (χ1) is 15.3. The first-order valence-electron chi connectivity index (χ1n) is 10.6. The van der Waals surface area contributed by atoms with E-state index in [1.54, 1.807) is 24.5 Å². The third-order valence-corrected chi connectivity index (χ3v) is 3.88. The summed E-state index contributed by atoms with van der Waals surface area (Å²) in [4.78, 5) is 23.1. The summed E-state index contributed by atoms with van der Waals surface area (Å²) in [5, 5.41) is 8.82. The maximum absolute atomic E-state index is 11.8. The fourth-order valence-corrected chi connectivity index (χ4v) is 2.67. The standard InChI is InChI=1S/C18H21NO7.C3H8.C3H6/c1-4-12-5-6-14(15(7-12)23-10-19)25-17-9-13(24-11(2)20)8-16(26-17)18(21)22-3;2*1-3-2/h5-7,13,16-17H,4,8-9H2,1-3H3;3H2,1-2H3;3H,1H2,2H3. The second kappa shape index (κ2) is 16.6. The number of esters is 2. The molecule has 0 saturated carbocycles. The van der Waals surface area contributed by atoms with Gasteiger partial charge < -0.3 is 23.7 Å². The van der Waals surface area contributed by atoms with E-state index in [4.69, 9.17) is 28.9 Å². The van der Waals surface area contributed by atoms with E-state index in [0.717, 1.165) is 12.0 Å². The van der Waals surface area contributed by atoms with Crippen LogP contribution in [-0.2, 0) is 30.2 Å². The Morgan fingerprint density at radius 1 is 1.25 bits per heavy atom. The summed E-state index contributed by atoms with van der Waals surface area (Å²) in [6.45, 7) is 12.8. The van der Waals surface area contributed by atoms with Crippen molar-refractivity contribution in [3.8, 4) is 17.8 Å². The average molecular weight is 450 g/mol. The van der Waals surface area contributed by atoms with Crippen LogP contribution in [0.1, 0.15) is 59.4 Å². The average Bonchev–Trinajstić information content (AvgIpc) is 2.75. The van der Waals surface area contributed by atoms with Gasteiger partial charge >= 0.3 is 11.9 Å². The normalized spacial score (nSPS) is 18.8. The molecule has 0 N–H and O–H groups in total. The van der Waals surface area contributed by atoms with Gasteiger partial charge in [-0.2, -0.15) is 0 Å². The lowest BCUT2D eigenvalue weighted by molar-refractivity contribution is -0.204. The second-order valence-corrected chi connectivity index (χ2v) is 6.84. The molecular weight excluding hydrogens is 414 g/mol. The number of methoxy groups -OCH3 is 1. The van der Waals surface area contributed by atoms with Gasteiger partial charge in [-0.3, -0.25) is 4.79 Å². The van der Waals surface area contributed by atoms with E-state index in [0.29, 0.717) is 5.75 Å². The fraction of sp³-hybridized carbons (Fsp3) is 0.542. The Morgan fingerprint density at radius 3 is 2.38 bits per heavy atom. The minimum Gasteiger partial charge on any atom is -0.467 e. The molecule has 1 aliphatic rings. The molecule has 1 saturated heterocycles. The number of nitrogens with zero attached hydrogens (tertiary/aromatic N) is 1. The number of hydrogen-bond donors (Lipinski definition) is 0. The first-order valence-corrected chi connectivity index (χ1v) is 10.6. The number of carbonyl (C=O) groups is 2. The van der Waals surface area contributed by atoms with E-state index in [-0.39, 0.29) is 18.6 Å². The minimum absolute atomic E-state index is 0.183. The zero-order valence-electron chi connectivity index (χ0n) is 19.9. The van der Waals surface area contributed by atoms with Gasteiger partial charge in [0.2, 0.25) is 6.29 Å². The molecule has 32 heavy (non-hydrogen) atoms. The molecule has 1 heterocycles. The molecule has 0 aliphatic carbocycles. The lowest BCUT2D eigenvalue weighted by Crippen LogP contribution is -2.44. The Kier molecular flexibility index (Phi) is 15.0. The van der Waals surface area contributed by atoms with Gasteiger partial charge in [-0.05, 0) is 31.0 Å². The summed E-state index contributed by atoms with van der Waals surface area (Å²) in [5.41, 5.74) is 0.970. The Balaban J connectivity index is 0.00000144. The number of rotatable bonds is 6. The van der Waals surface area contributed by atoms with Crippen molar-refractivity contribution >= 4 is 11.9 Å². The number of nitriles is 1. The highest BCUT2D eigenvalue weighted by Gasteiger charge is 2.37. The smallest absolute Gasteiger partial charge is 0.335 e. The van der Waals surface area contributed by atoms with E-state index >= 15 is 0 Å². The number of benzene rings is 1.